The smallest absolute Gasteiger partial charge is 0.220 e. The number of unbranched alkanes of at least 4 members (excludes halogenated alkanes) is 59. The number of nitrogens with one attached hydrogen (secondary N) is 1. The van der Waals surface area contributed by atoms with Crippen molar-refractivity contribution in [1.82, 2.24) is 5.32 Å². The van der Waals surface area contributed by atoms with E-state index in [9.17, 15) is 30.3 Å². The lowest BCUT2D eigenvalue weighted by Crippen LogP contribution is -2.60. The maximum absolute atomic E-state index is 13.2. The molecule has 1 saturated heterocycles. The summed E-state index contributed by atoms with van der Waals surface area (Å²) >= 11 is 0. The molecule has 0 aromatic carbocycles. The molecule has 1 rings (SSSR count). The molecule has 0 aromatic rings. The zero-order chi connectivity index (χ0) is 65.7. The van der Waals surface area contributed by atoms with Gasteiger partial charge in [0.2, 0.25) is 5.91 Å². The van der Waals surface area contributed by atoms with Crippen LogP contribution < -0.4 is 5.32 Å². The minimum absolute atomic E-state index is 0.167. The highest BCUT2D eigenvalue weighted by atomic mass is 16.7. The van der Waals surface area contributed by atoms with Crippen LogP contribution in [0.5, 0.6) is 0 Å². The van der Waals surface area contributed by atoms with E-state index in [1.165, 1.54) is 360 Å². The van der Waals surface area contributed by atoms with Crippen LogP contribution in [0.1, 0.15) is 425 Å². The number of rotatable bonds is 73. The van der Waals surface area contributed by atoms with Crippen molar-refractivity contribution < 1.29 is 39.8 Å². The van der Waals surface area contributed by atoms with Crippen LogP contribution in [0, 0.1) is 0 Å². The first-order chi connectivity index (χ1) is 44.8. The van der Waals surface area contributed by atoms with Gasteiger partial charge in [-0.1, -0.05) is 403 Å². The second kappa shape index (κ2) is 71.2. The maximum Gasteiger partial charge on any atom is 0.220 e. The molecule has 1 aliphatic heterocycles. The first-order valence-electron chi connectivity index (χ1n) is 40.7. The van der Waals surface area contributed by atoms with Crippen LogP contribution in [-0.4, -0.2) is 87.5 Å². The molecule has 1 fully saturated rings. The number of allylic oxidation sites excluding steroid dienone is 5. The Labute approximate surface area is 565 Å². The summed E-state index contributed by atoms with van der Waals surface area (Å²) in [7, 11) is 0. The Morgan fingerprint density at radius 1 is 0.374 bits per heavy atom. The van der Waals surface area contributed by atoms with E-state index in [2.05, 4.69) is 43.5 Å². The lowest BCUT2D eigenvalue weighted by atomic mass is 9.99. The first kappa shape index (κ1) is 87.4. The monoisotopic (exact) mass is 1280 g/mol. The van der Waals surface area contributed by atoms with Crippen molar-refractivity contribution in [2.75, 3.05) is 13.2 Å². The van der Waals surface area contributed by atoms with Crippen LogP contribution in [0.25, 0.3) is 0 Å². The van der Waals surface area contributed by atoms with Crippen LogP contribution in [-0.2, 0) is 14.3 Å². The summed E-state index contributed by atoms with van der Waals surface area (Å²) in [6.45, 7) is 3.83. The molecule has 0 aromatic heterocycles. The molecule has 9 heteroatoms. The van der Waals surface area contributed by atoms with Crippen LogP contribution >= 0.6 is 0 Å². The topological polar surface area (TPSA) is 149 Å². The predicted octanol–water partition coefficient (Wildman–Crippen LogP) is 23.3. The quantitative estimate of drug-likeness (QED) is 0.0261. The van der Waals surface area contributed by atoms with Gasteiger partial charge in [-0.25, -0.2) is 0 Å². The van der Waals surface area contributed by atoms with Gasteiger partial charge in [0.1, 0.15) is 24.4 Å². The summed E-state index contributed by atoms with van der Waals surface area (Å²) < 4.78 is 11.4. The van der Waals surface area contributed by atoms with E-state index in [0.29, 0.717) is 6.42 Å². The Balaban J connectivity index is 2.03. The van der Waals surface area contributed by atoms with Crippen molar-refractivity contribution in [3.8, 4) is 0 Å². The fourth-order valence-electron chi connectivity index (χ4n) is 13.4. The van der Waals surface area contributed by atoms with Crippen LogP contribution in [0.3, 0.4) is 0 Å². The largest absolute Gasteiger partial charge is 0.394 e. The van der Waals surface area contributed by atoms with Gasteiger partial charge in [0.15, 0.2) is 6.29 Å². The van der Waals surface area contributed by atoms with Crippen LogP contribution in [0.4, 0.5) is 0 Å². The van der Waals surface area contributed by atoms with E-state index in [4.69, 9.17) is 9.47 Å². The number of aliphatic hydroxyl groups is 5. The van der Waals surface area contributed by atoms with Crippen molar-refractivity contribution in [1.29, 1.82) is 0 Å². The Bertz CT molecular complexity index is 1540. The van der Waals surface area contributed by atoms with E-state index in [1.54, 1.807) is 6.08 Å². The highest BCUT2D eigenvalue weighted by Gasteiger charge is 2.44. The van der Waals surface area contributed by atoms with E-state index >= 15 is 0 Å². The molecular formula is C82H157NO8. The van der Waals surface area contributed by atoms with Crippen molar-refractivity contribution in [2.45, 2.75) is 468 Å². The zero-order valence-corrected chi connectivity index (χ0v) is 60.6. The molecule has 0 aliphatic carbocycles. The molecule has 91 heavy (non-hydrogen) atoms. The summed E-state index contributed by atoms with van der Waals surface area (Å²) in [5.74, 6) is -0.167. The third-order valence-corrected chi connectivity index (χ3v) is 19.7. The second-order valence-electron chi connectivity index (χ2n) is 28.6. The van der Waals surface area contributed by atoms with Gasteiger partial charge in [0.05, 0.1) is 25.4 Å². The van der Waals surface area contributed by atoms with Gasteiger partial charge in [-0.3, -0.25) is 4.79 Å². The Morgan fingerprint density at radius 2 is 0.648 bits per heavy atom. The number of carbonyl (C=O) groups is 1. The molecule has 1 heterocycles. The van der Waals surface area contributed by atoms with Gasteiger partial charge in [-0.15, -0.1) is 0 Å². The van der Waals surface area contributed by atoms with E-state index < -0.39 is 49.5 Å². The maximum atomic E-state index is 13.2. The van der Waals surface area contributed by atoms with Gasteiger partial charge in [0.25, 0.3) is 0 Å². The zero-order valence-electron chi connectivity index (χ0n) is 60.6. The van der Waals surface area contributed by atoms with E-state index in [-0.39, 0.29) is 12.5 Å². The van der Waals surface area contributed by atoms with Crippen molar-refractivity contribution in [3.05, 3.63) is 36.5 Å². The number of ether oxygens (including phenoxy) is 2. The first-order valence-corrected chi connectivity index (χ1v) is 40.7. The highest BCUT2D eigenvalue weighted by Crippen LogP contribution is 2.24. The number of aliphatic hydroxyl groups excluding tert-OH is 5. The lowest BCUT2D eigenvalue weighted by Gasteiger charge is -2.40. The second-order valence-corrected chi connectivity index (χ2v) is 28.6. The van der Waals surface area contributed by atoms with Crippen LogP contribution in [0.2, 0.25) is 0 Å². The molecule has 6 N–H and O–H groups in total. The third-order valence-electron chi connectivity index (χ3n) is 19.7. The standard InChI is InChI=1S/C82H157NO8/c1-3-5-7-9-11-13-15-17-19-21-23-25-27-29-31-32-33-34-35-36-37-38-39-40-41-42-43-44-46-48-50-52-54-56-58-60-62-64-66-68-70-72-78(86)83-75(74-90-82-81(89)80(88)79(87)77(73-84)91-82)76(85)71-69-67-65-63-61-59-57-55-53-51-49-47-45-30-28-26-24-22-20-18-16-14-12-10-8-6-4-2/h15,17,21,23,69,71,75-77,79-82,84-85,87-89H,3-14,16,18-20,22,24-68,70,72-74H2,1-2H3,(H,83,86)/b17-15-,23-21-,71-69+. The average Bonchev–Trinajstić information content (AvgIpc) is 1.58. The number of amides is 1. The van der Waals surface area contributed by atoms with Gasteiger partial charge in [-0.2, -0.15) is 0 Å². The summed E-state index contributed by atoms with van der Waals surface area (Å²) in [5, 5.41) is 54.9. The SMILES string of the molecule is CCCCCCC/C=C\C/C=C\CCCCCCCCCCCCCCCCCCCCCCCCCCCCCCCC(=O)NC(COC1OC(CO)C(O)C(O)C1O)C(O)/C=C/CCCCCCCCCCCCCCCCCCCCCCCCCCC. The van der Waals surface area contributed by atoms with Gasteiger partial charge < -0.3 is 40.3 Å². The third kappa shape index (κ3) is 59.4. The molecule has 0 spiro atoms. The molecule has 0 bridgehead atoms. The van der Waals surface area contributed by atoms with Crippen LogP contribution in [0.15, 0.2) is 36.5 Å². The van der Waals surface area contributed by atoms with Crippen molar-refractivity contribution in [3.63, 3.8) is 0 Å². The fourth-order valence-corrected chi connectivity index (χ4v) is 13.4. The molecule has 7 atom stereocenters. The highest BCUT2D eigenvalue weighted by molar-refractivity contribution is 5.76. The minimum Gasteiger partial charge on any atom is -0.394 e. The summed E-state index contributed by atoms with van der Waals surface area (Å²) in [5.41, 5.74) is 0. The normalized spacial score (nSPS) is 17.8. The van der Waals surface area contributed by atoms with E-state index in [1.807, 2.05) is 6.08 Å². The molecule has 538 valence electrons. The van der Waals surface area contributed by atoms with Gasteiger partial charge in [0, 0.05) is 6.42 Å². The summed E-state index contributed by atoms with van der Waals surface area (Å²) in [4.78, 5) is 13.2. The number of hydrogen-bond donors (Lipinski definition) is 6. The Morgan fingerprint density at radius 3 is 0.945 bits per heavy atom. The predicted molar refractivity (Wildman–Crippen MR) is 392 cm³/mol. The molecule has 0 radical (unpaired) electrons. The molecule has 7 unspecified atom stereocenters. The Kier molecular flexibility index (Phi) is 68.4. The fraction of sp³-hybridized carbons (Fsp3) is 0.915. The number of carbonyl (C=O) groups excluding carboxylic acids is 1. The number of hydrogen-bond acceptors (Lipinski definition) is 8. The molecule has 9 nitrogen and oxygen atoms in total. The average molecular weight is 1290 g/mol. The molecular weight excluding hydrogens is 1130 g/mol. The van der Waals surface area contributed by atoms with Crippen molar-refractivity contribution >= 4 is 5.91 Å². The van der Waals surface area contributed by atoms with Gasteiger partial charge >= 0.3 is 0 Å². The van der Waals surface area contributed by atoms with Gasteiger partial charge in [-0.05, 0) is 51.4 Å². The Hall–Kier alpha value is -1.59. The van der Waals surface area contributed by atoms with Crippen molar-refractivity contribution in [2.24, 2.45) is 0 Å². The lowest BCUT2D eigenvalue weighted by molar-refractivity contribution is -0.302. The minimum atomic E-state index is -1.57. The molecule has 1 aliphatic rings. The molecule has 0 saturated carbocycles. The molecule has 1 amide bonds. The summed E-state index contributed by atoms with van der Waals surface area (Å²) in [6, 6.07) is -0.805. The summed E-state index contributed by atoms with van der Waals surface area (Å²) in [6.07, 6.45) is 90.2. The van der Waals surface area contributed by atoms with E-state index in [0.717, 1.165) is 44.9 Å².